The zero-order chi connectivity index (χ0) is 18.5. The number of anilines is 1. The first kappa shape index (κ1) is 17.8. The van der Waals surface area contributed by atoms with Crippen LogP contribution in [0.25, 0.3) is 6.08 Å². The van der Waals surface area contributed by atoms with E-state index >= 15 is 0 Å². The lowest BCUT2D eigenvalue weighted by molar-refractivity contribution is -0.148. The molecule has 0 aliphatic carbocycles. The molecule has 0 bridgehead atoms. The molecular formula is C19H16ClNO5. The van der Waals surface area contributed by atoms with Gasteiger partial charge in [0.15, 0.2) is 17.6 Å². The van der Waals surface area contributed by atoms with Crippen molar-refractivity contribution in [3.63, 3.8) is 0 Å². The molecule has 3 rings (SSSR count). The van der Waals surface area contributed by atoms with Gasteiger partial charge in [0.05, 0.1) is 0 Å². The van der Waals surface area contributed by atoms with Gasteiger partial charge in [-0.1, -0.05) is 29.8 Å². The Labute approximate surface area is 155 Å². The van der Waals surface area contributed by atoms with Crippen molar-refractivity contribution in [3.05, 3.63) is 59.1 Å². The Kier molecular flexibility index (Phi) is 5.43. The van der Waals surface area contributed by atoms with Gasteiger partial charge < -0.3 is 19.5 Å². The highest BCUT2D eigenvalue weighted by Crippen LogP contribution is 2.34. The Morgan fingerprint density at radius 2 is 1.96 bits per heavy atom. The van der Waals surface area contributed by atoms with E-state index in [4.69, 9.17) is 25.8 Å². The minimum Gasteiger partial charge on any atom is -0.454 e. The fraction of sp³-hybridized carbons (Fsp3) is 0.158. The quantitative estimate of drug-likeness (QED) is 0.639. The van der Waals surface area contributed by atoms with Gasteiger partial charge in [-0.25, -0.2) is 4.79 Å². The predicted octanol–water partition coefficient (Wildman–Crippen LogP) is 3.65. The van der Waals surface area contributed by atoms with Crippen LogP contribution < -0.4 is 14.8 Å². The maximum atomic E-state index is 12.2. The molecule has 26 heavy (non-hydrogen) atoms. The number of fused-ring (bicyclic) bond motifs is 1. The first-order valence-corrected chi connectivity index (χ1v) is 8.24. The lowest BCUT2D eigenvalue weighted by atomic mass is 10.2. The molecular weight excluding hydrogens is 358 g/mol. The number of benzene rings is 2. The fourth-order valence-electron chi connectivity index (χ4n) is 2.25. The normalized spacial score (nSPS) is 13.5. The van der Waals surface area contributed by atoms with E-state index in [0.29, 0.717) is 27.8 Å². The minimum absolute atomic E-state index is 0.151. The number of ether oxygens (including phenoxy) is 3. The Morgan fingerprint density at radius 1 is 1.19 bits per heavy atom. The van der Waals surface area contributed by atoms with E-state index in [-0.39, 0.29) is 6.79 Å². The topological polar surface area (TPSA) is 73.9 Å². The van der Waals surface area contributed by atoms with E-state index in [9.17, 15) is 9.59 Å². The highest BCUT2D eigenvalue weighted by Gasteiger charge is 2.19. The van der Waals surface area contributed by atoms with E-state index in [2.05, 4.69) is 5.32 Å². The first-order chi connectivity index (χ1) is 12.5. The Hall–Kier alpha value is -2.99. The van der Waals surface area contributed by atoms with Gasteiger partial charge in [-0.15, -0.1) is 0 Å². The second-order valence-corrected chi connectivity index (χ2v) is 5.90. The molecule has 2 aromatic carbocycles. The van der Waals surface area contributed by atoms with Gasteiger partial charge in [0, 0.05) is 22.9 Å². The van der Waals surface area contributed by atoms with Gasteiger partial charge in [0.25, 0.3) is 5.91 Å². The average molecular weight is 374 g/mol. The van der Waals surface area contributed by atoms with Crippen LogP contribution in [0.4, 0.5) is 5.69 Å². The SMILES string of the molecule is C[C@H](OC(=O)/C=C/c1ccccc1Cl)C(=O)Nc1ccc2c(c1)OCO2. The third kappa shape index (κ3) is 4.34. The van der Waals surface area contributed by atoms with Crippen LogP contribution >= 0.6 is 11.6 Å². The number of esters is 1. The summed E-state index contributed by atoms with van der Waals surface area (Å²) < 4.78 is 15.6. The Bertz CT molecular complexity index is 865. The molecule has 1 aliphatic heterocycles. The van der Waals surface area contributed by atoms with Crippen molar-refractivity contribution in [3.8, 4) is 11.5 Å². The van der Waals surface area contributed by atoms with Gasteiger partial charge in [-0.3, -0.25) is 4.79 Å². The van der Waals surface area contributed by atoms with Gasteiger partial charge >= 0.3 is 5.97 Å². The molecule has 0 spiro atoms. The largest absolute Gasteiger partial charge is 0.454 e. The summed E-state index contributed by atoms with van der Waals surface area (Å²) in [5.41, 5.74) is 1.21. The molecule has 0 fully saturated rings. The summed E-state index contributed by atoms with van der Waals surface area (Å²) in [5.74, 6) is 0.0731. The van der Waals surface area contributed by atoms with Crippen molar-refractivity contribution in [1.82, 2.24) is 0 Å². The van der Waals surface area contributed by atoms with Crippen molar-refractivity contribution in [2.75, 3.05) is 12.1 Å². The predicted molar refractivity (Wildman–Crippen MR) is 97.2 cm³/mol. The van der Waals surface area contributed by atoms with Crippen LogP contribution in [-0.2, 0) is 14.3 Å². The summed E-state index contributed by atoms with van der Waals surface area (Å²) in [6.45, 7) is 1.64. The molecule has 0 saturated carbocycles. The lowest BCUT2D eigenvalue weighted by Gasteiger charge is -2.12. The number of amides is 1. The minimum atomic E-state index is -0.969. The van der Waals surface area contributed by atoms with Crippen molar-refractivity contribution < 1.29 is 23.8 Å². The molecule has 7 heteroatoms. The van der Waals surface area contributed by atoms with Crippen molar-refractivity contribution in [2.24, 2.45) is 0 Å². The summed E-state index contributed by atoms with van der Waals surface area (Å²) in [5, 5.41) is 3.18. The molecule has 1 N–H and O–H groups in total. The number of halogens is 1. The molecule has 1 amide bonds. The summed E-state index contributed by atoms with van der Waals surface area (Å²) >= 11 is 6.01. The maximum absolute atomic E-state index is 12.2. The highest BCUT2D eigenvalue weighted by atomic mass is 35.5. The molecule has 1 aliphatic rings. The molecule has 1 atom stereocenters. The van der Waals surface area contributed by atoms with E-state index in [0.717, 1.165) is 0 Å². The molecule has 0 unspecified atom stereocenters. The van der Waals surface area contributed by atoms with E-state index in [1.165, 1.54) is 19.1 Å². The lowest BCUT2D eigenvalue weighted by Crippen LogP contribution is -2.29. The number of rotatable bonds is 5. The highest BCUT2D eigenvalue weighted by molar-refractivity contribution is 6.32. The number of hydrogen-bond donors (Lipinski definition) is 1. The zero-order valence-corrected chi connectivity index (χ0v) is 14.7. The van der Waals surface area contributed by atoms with Gasteiger partial charge in [0.2, 0.25) is 6.79 Å². The van der Waals surface area contributed by atoms with Crippen LogP contribution in [0.3, 0.4) is 0 Å². The fourth-order valence-corrected chi connectivity index (χ4v) is 2.45. The van der Waals surface area contributed by atoms with Gasteiger partial charge in [-0.05, 0) is 36.8 Å². The van der Waals surface area contributed by atoms with Crippen molar-refractivity contribution >= 4 is 35.2 Å². The molecule has 0 saturated heterocycles. The third-order valence-electron chi connectivity index (χ3n) is 3.61. The molecule has 134 valence electrons. The van der Waals surface area contributed by atoms with Crippen LogP contribution in [0.15, 0.2) is 48.5 Å². The molecule has 6 nitrogen and oxygen atoms in total. The third-order valence-corrected chi connectivity index (χ3v) is 3.95. The Morgan fingerprint density at radius 3 is 2.77 bits per heavy atom. The van der Waals surface area contributed by atoms with Crippen LogP contribution in [0, 0.1) is 0 Å². The zero-order valence-electron chi connectivity index (χ0n) is 13.9. The van der Waals surface area contributed by atoms with E-state index in [1.807, 2.05) is 0 Å². The molecule has 0 aromatic heterocycles. The number of hydrogen-bond acceptors (Lipinski definition) is 5. The molecule has 2 aromatic rings. The van der Waals surface area contributed by atoms with Gasteiger partial charge in [-0.2, -0.15) is 0 Å². The monoisotopic (exact) mass is 373 g/mol. The van der Waals surface area contributed by atoms with Gasteiger partial charge in [0.1, 0.15) is 0 Å². The van der Waals surface area contributed by atoms with Crippen LogP contribution in [0.1, 0.15) is 12.5 Å². The van der Waals surface area contributed by atoms with Crippen molar-refractivity contribution in [1.29, 1.82) is 0 Å². The van der Waals surface area contributed by atoms with E-state index < -0.39 is 18.0 Å². The van der Waals surface area contributed by atoms with Crippen LogP contribution in [0.2, 0.25) is 5.02 Å². The summed E-state index contributed by atoms with van der Waals surface area (Å²) in [6, 6.07) is 12.1. The van der Waals surface area contributed by atoms with Crippen LogP contribution in [0.5, 0.6) is 11.5 Å². The second-order valence-electron chi connectivity index (χ2n) is 5.49. The average Bonchev–Trinajstić information content (AvgIpc) is 3.08. The summed E-state index contributed by atoms with van der Waals surface area (Å²) in [4.78, 5) is 24.1. The first-order valence-electron chi connectivity index (χ1n) is 7.86. The summed E-state index contributed by atoms with van der Waals surface area (Å²) in [6.07, 6.45) is 1.79. The molecule has 0 radical (unpaired) electrons. The number of nitrogens with one attached hydrogen (secondary N) is 1. The smallest absolute Gasteiger partial charge is 0.331 e. The summed E-state index contributed by atoms with van der Waals surface area (Å²) in [7, 11) is 0. The number of carbonyl (C=O) groups is 2. The van der Waals surface area contributed by atoms with Crippen molar-refractivity contribution in [2.45, 2.75) is 13.0 Å². The maximum Gasteiger partial charge on any atom is 0.331 e. The van der Waals surface area contributed by atoms with Crippen LogP contribution in [-0.4, -0.2) is 24.8 Å². The standard InChI is InChI=1S/C19H16ClNO5/c1-12(26-18(22)9-6-13-4-2-3-5-15(13)20)19(23)21-14-7-8-16-17(10-14)25-11-24-16/h2-10,12H,11H2,1H3,(H,21,23)/b9-6+/t12-/m0/s1. The van der Waals surface area contributed by atoms with E-state index in [1.54, 1.807) is 42.5 Å². The molecule has 1 heterocycles. The Balaban J connectivity index is 1.55. The second kappa shape index (κ2) is 7.93. The number of carbonyl (C=O) groups excluding carboxylic acids is 2.